The van der Waals surface area contributed by atoms with E-state index in [1.165, 1.54) is 29.2 Å². The number of alkyl halides is 1. The number of ether oxygens (including phenoxy) is 2. The SMILES string of the molecule is CC1CCCC(NC(=O)C(c2ccc(F)cc2)N(CC2COc3ccccc3O2)C(=O)CCl)C1C. The van der Waals surface area contributed by atoms with E-state index < -0.39 is 23.9 Å². The lowest BCUT2D eigenvalue weighted by Gasteiger charge is -2.38. The summed E-state index contributed by atoms with van der Waals surface area (Å²) in [5.41, 5.74) is 0.510. The predicted octanol–water partition coefficient (Wildman–Crippen LogP) is 4.72. The van der Waals surface area contributed by atoms with E-state index in [0.717, 1.165) is 19.3 Å². The maximum Gasteiger partial charge on any atom is 0.247 e. The van der Waals surface area contributed by atoms with Gasteiger partial charge in [0.25, 0.3) is 0 Å². The third kappa shape index (κ3) is 5.89. The minimum atomic E-state index is -0.980. The zero-order chi connectivity index (χ0) is 24.9. The first-order valence-electron chi connectivity index (χ1n) is 12.2. The molecule has 0 radical (unpaired) electrons. The Kier molecular flexibility index (Phi) is 8.16. The van der Waals surface area contributed by atoms with Crippen LogP contribution < -0.4 is 14.8 Å². The molecule has 0 bridgehead atoms. The minimum Gasteiger partial charge on any atom is -0.486 e. The molecule has 5 atom stereocenters. The van der Waals surface area contributed by atoms with Gasteiger partial charge in [-0.15, -0.1) is 11.6 Å². The van der Waals surface area contributed by atoms with Gasteiger partial charge in [0.15, 0.2) is 17.6 Å². The quantitative estimate of drug-likeness (QED) is 0.556. The maximum atomic E-state index is 13.7. The van der Waals surface area contributed by atoms with Gasteiger partial charge >= 0.3 is 0 Å². The molecule has 4 rings (SSSR count). The van der Waals surface area contributed by atoms with Crippen LogP contribution in [0, 0.1) is 17.7 Å². The van der Waals surface area contributed by atoms with Gasteiger partial charge in [-0.3, -0.25) is 9.59 Å². The number of hydrogen-bond acceptors (Lipinski definition) is 4. The number of halogens is 2. The fourth-order valence-corrected chi connectivity index (χ4v) is 5.12. The Bertz CT molecular complexity index is 1030. The van der Waals surface area contributed by atoms with E-state index in [1.54, 1.807) is 6.07 Å². The summed E-state index contributed by atoms with van der Waals surface area (Å²) >= 11 is 5.99. The molecule has 1 aliphatic heterocycles. The summed E-state index contributed by atoms with van der Waals surface area (Å²) < 4.78 is 25.6. The highest BCUT2D eigenvalue weighted by atomic mass is 35.5. The summed E-state index contributed by atoms with van der Waals surface area (Å²) in [5.74, 6) is 0.575. The molecule has 8 heteroatoms. The fraction of sp³-hybridized carbons (Fsp3) is 0.481. The van der Waals surface area contributed by atoms with Crippen LogP contribution in [0.15, 0.2) is 48.5 Å². The minimum absolute atomic E-state index is 0.00305. The number of fused-ring (bicyclic) bond motifs is 1. The lowest BCUT2D eigenvalue weighted by molar-refractivity contribution is -0.141. The van der Waals surface area contributed by atoms with E-state index in [4.69, 9.17) is 21.1 Å². The maximum absolute atomic E-state index is 13.7. The molecule has 5 unspecified atom stereocenters. The lowest BCUT2D eigenvalue weighted by atomic mass is 9.78. The van der Waals surface area contributed by atoms with Gasteiger partial charge in [-0.25, -0.2) is 4.39 Å². The van der Waals surface area contributed by atoms with E-state index in [9.17, 15) is 14.0 Å². The second-order valence-electron chi connectivity index (χ2n) is 9.51. The number of nitrogens with zero attached hydrogens (tertiary/aromatic N) is 1. The van der Waals surface area contributed by atoms with Crippen LogP contribution in [0.2, 0.25) is 0 Å². The molecule has 1 fully saturated rings. The molecule has 1 N–H and O–H groups in total. The standard InChI is InChI=1S/C27H32ClFN2O4/c1-17-6-5-7-22(18(17)2)30-27(33)26(19-10-12-20(29)13-11-19)31(25(32)14-28)15-21-16-34-23-8-3-4-9-24(23)35-21/h3-4,8-13,17-18,21-22,26H,5-7,14-16H2,1-2H3,(H,30,33). The third-order valence-electron chi connectivity index (χ3n) is 7.18. The zero-order valence-electron chi connectivity index (χ0n) is 20.1. The van der Waals surface area contributed by atoms with Gasteiger partial charge in [0.1, 0.15) is 24.3 Å². The van der Waals surface area contributed by atoms with Crippen molar-refractivity contribution in [2.24, 2.45) is 11.8 Å². The van der Waals surface area contributed by atoms with Crippen molar-refractivity contribution in [1.29, 1.82) is 0 Å². The van der Waals surface area contributed by atoms with Crippen LogP contribution in [0.3, 0.4) is 0 Å². The van der Waals surface area contributed by atoms with Crippen LogP contribution in [-0.2, 0) is 9.59 Å². The van der Waals surface area contributed by atoms with E-state index in [1.807, 2.05) is 18.2 Å². The molecule has 2 aliphatic rings. The van der Waals surface area contributed by atoms with Gasteiger partial charge in [-0.2, -0.15) is 0 Å². The first-order chi connectivity index (χ1) is 16.9. The Labute approximate surface area is 210 Å². The number of amides is 2. The molecular formula is C27H32ClFN2O4. The van der Waals surface area contributed by atoms with Gasteiger partial charge < -0.3 is 19.7 Å². The molecule has 1 heterocycles. The van der Waals surface area contributed by atoms with Crippen LogP contribution in [0.4, 0.5) is 4.39 Å². The van der Waals surface area contributed by atoms with E-state index in [2.05, 4.69) is 19.2 Å². The fourth-order valence-electron chi connectivity index (χ4n) is 4.97. The third-order valence-corrected chi connectivity index (χ3v) is 7.41. The number of carbonyl (C=O) groups is 2. The molecule has 1 aliphatic carbocycles. The van der Waals surface area contributed by atoms with Gasteiger partial charge in [0.2, 0.25) is 11.8 Å². The van der Waals surface area contributed by atoms with E-state index >= 15 is 0 Å². The molecule has 2 aromatic carbocycles. The summed E-state index contributed by atoms with van der Waals surface area (Å²) in [6.45, 7) is 4.65. The molecular weight excluding hydrogens is 471 g/mol. The average Bonchev–Trinajstić information content (AvgIpc) is 2.87. The summed E-state index contributed by atoms with van der Waals surface area (Å²) in [6, 6.07) is 12.0. The first-order valence-corrected chi connectivity index (χ1v) is 12.7. The van der Waals surface area contributed by atoms with Crippen molar-refractivity contribution >= 4 is 23.4 Å². The molecule has 0 aromatic heterocycles. The van der Waals surface area contributed by atoms with Gasteiger partial charge in [-0.1, -0.05) is 51.0 Å². The monoisotopic (exact) mass is 502 g/mol. The van der Waals surface area contributed by atoms with Crippen molar-refractivity contribution in [3.63, 3.8) is 0 Å². The molecule has 0 spiro atoms. The highest BCUT2D eigenvalue weighted by molar-refractivity contribution is 6.27. The molecule has 2 aromatic rings. The first kappa shape index (κ1) is 25.3. The van der Waals surface area contributed by atoms with E-state index in [-0.39, 0.29) is 31.0 Å². The van der Waals surface area contributed by atoms with Crippen LogP contribution in [0.1, 0.15) is 44.7 Å². The predicted molar refractivity (Wildman–Crippen MR) is 132 cm³/mol. The summed E-state index contributed by atoms with van der Waals surface area (Å²) in [4.78, 5) is 28.2. The smallest absolute Gasteiger partial charge is 0.247 e. The number of carbonyl (C=O) groups excluding carboxylic acids is 2. The van der Waals surface area contributed by atoms with Crippen LogP contribution in [0.5, 0.6) is 11.5 Å². The lowest BCUT2D eigenvalue weighted by Crippen LogP contribution is -2.52. The highest BCUT2D eigenvalue weighted by Crippen LogP contribution is 2.33. The Hall–Kier alpha value is -2.80. The van der Waals surface area contributed by atoms with Crippen molar-refractivity contribution in [1.82, 2.24) is 10.2 Å². The summed E-state index contributed by atoms with van der Waals surface area (Å²) in [7, 11) is 0. The Morgan fingerprint density at radius 3 is 2.54 bits per heavy atom. The number of rotatable bonds is 7. The van der Waals surface area contributed by atoms with Crippen LogP contribution in [0.25, 0.3) is 0 Å². The van der Waals surface area contributed by atoms with Crippen molar-refractivity contribution < 1.29 is 23.5 Å². The Balaban J connectivity index is 1.61. The second kappa shape index (κ2) is 11.3. The normalized spacial score (nSPS) is 24.3. The molecule has 6 nitrogen and oxygen atoms in total. The van der Waals surface area contributed by atoms with Crippen molar-refractivity contribution in [3.8, 4) is 11.5 Å². The van der Waals surface area contributed by atoms with Gasteiger partial charge in [0, 0.05) is 6.04 Å². The second-order valence-corrected chi connectivity index (χ2v) is 9.78. The van der Waals surface area contributed by atoms with Crippen LogP contribution in [-0.4, -0.2) is 47.9 Å². The van der Waals surface area contributed by atoms with Gasteiger partial charge in [-0.05, 0) is 48.1 Å². The molecule has 188 valence electrons. The van der Waals surface area contributed by atoms with Crippen molar-refractivity contribution in [3.05, 3.63) is 59.9 Å². The number of nitrogens with one attached hydrogen (secondary N) is 1. The largest absolute Gasteiger partial charge is 0.486 e. The summed E-state index contributed by atoms with van der Waals surface area (Å²) in [6.07, 6.45) is 2.55. The topological polar surface area (TPSA) is 67.9 Å². The van der Waals surface area contributed by atoms with E-state index in [0.29, 0.717) is 28.9 Å². The number of benzene rings is 2. The van der Waals surface area contributed by atoms with Crippen molar-refractivity contribution in [2.75, 3.05) is 19.0 Å². The average molecular weight is 503 g/mol. The molecule has 35 heavy (non-hydrogen) atoms. The number of para-hydroxylation sites is 2. The Morgan fingerprint density at radius 1 is 1.11 bits per heavy atom. The molecule has 2 amide bonds. The van der Waals surface area contributed by atoms with Crippen LogP contribution >= 0.6 is 11.6 Å². The zero-order valence-corrected chi connectivity index (χ0v) is 20.8. The van der Waals surface area contributed by atoms with Gasteiger partial charge in [0.05, 0.1) is 6.54 Å². The Morgan fingerprint density at radius 2 is 1.83 bits per heavy atom. The highest BCUT2D eigenvalue weighted by Gasteiger charge is 2.37. The molecule has 1 saturated carbocycles. The van der Waals surface area contributed by atoms with Crippen molar-refractivity contribution in [2.45, 2.75) is 51.3 Å². The molecule has 0 saturated heterocycles. The number of hydrogen-bond donors (Lipinski definition) is 1. The summed E-state index contributed by atoms with van der Waals surface area (Å²) in [5, 5.41) is 3.18.